The Morgan fingerprint density at radius 2 is 1.88 bits per heavy atom. The van der Waals surface area contributed by atoms with Crippen molar-refractivity contribution in [1.29, 1.82) is 10.5 Å². The number of alkyl halides is 3. The lowest BCUT2D eigenvalue weighted by atomic mass is 10.1. The highest BCUT2D eigenvalue weighted by molar-refractivity contribution is 7.17. The summed E-state index contributed by atoms with van der Waals surface area (Å²) in [5.41, 5.74) is -2.01. The molecule has 0 saturated heterocycles. The summed E-state index contributed by atoms with van der Waals surface area (Å²) in [6, 6.07) is 7.23. The highest BCUT2D eigenvalue weighted by Crippen LogP contribution is 2.32. The first-order chi connectivity index (χ1) is 11.9. The van der Waals surface area contributed by atoms with E-state index < -0.39 is 23.4 Å². The smallest absolute Gasteiger partial charge is 0.361 e. The van der Waals surface area contributed by atoms with Gasteiger partial charge in [-0.3, -0.25) is 0 Å². The van der Waals surface area contributed by atoms with Crippen LogP contribution in [-0.2, 0) is 9.63 Å². The second-order valence-electron chi connectivity index (χ2n) is 4.85. The lowest BCUT2D eigenvalue weighted by Crippen LogP contribution is -2.24. The maximum Gasteiger partial charge on any atom is 0.437 e. The zero-order valence-electron chi connectivity index (χ0n) is 12.7. The van der Waals surface area contributed by atoms with Crippen LogP contribution in [0.25, 0.3) is 6.08 Å². The lowest BCUT2D eigenvalue weighted by molar-refractivity contribution is -0.136. The van der Waals surface area contributed by atoms with Gasteiger partial charge in [0.05, 0.1) is 35.6 Å². The van der Waals surface area contributed by atoms with Gasteiger partial charge in [-0.15, -0.1) is 11.3 Å². The fourth-order valence-corrected chi connectivity index (χ4v) is 3.05. The summed E-state index contributed by atoms with van der Waals surface area (Å²) in [6.45, 7) is 0.790. The third kappa shape index (κ3) is 4.58. The molecule has 6 nitrogen and oxygen atoms in total. The van der Waals surface area contributed by atoms with E-state index in [0.29, 0.717) is 23.0 Å². The van der Waals surface area contributed by atoms with E-state index in [2.05, 4.69) is 9.99 Å². The predicted molar refractivity (Wildman–Crippen MR) is 84.6 cm³/mol. The zero-order valence-corrected chi connectivity index (χ0v) is 13.5. The first-order valence-electron chi connectivity index (χ1n) is 7.04. The maximum atomic E-state index is 12.8. The summed E-state index contributed by atoms with van der Waals surface area (Å²) >= 11 is 1.14. The molecule has 0 fully saturated rings. The standard InChI is InChI=1S/C15H11F3N4O2S/c16-15(17,18)13-11(14(23)24-21-13)9-10-3-4-12(25-10)22(7-1-5-19)8-2-6-20/h3-4,9H,1-2,7-8H2. The van der Waals surface area contributed by atoms with Crippen molar-refractivity contribution in [3.8, 4) is 12.1 Å². The number of nitriles is 2. The lowest BCUT2D eigenvalue weighted by Gasteiger charge is -2.20. The Morgan fingerprint density at radius 3 is 2.44 bits per heavy atom. The molecule has 0 saturated carbocycles. The second-order valence-corrected chi connectivity index (χ2v) is 5.95. The fraction of sp³-hybridized carbons (Fsp3) is 0.333. The Labute approximate surface area is 145 Å². The summed E-state index contributed by atoms with van der Waals surface area (Å²) in [5, 5.41) is 20.9. The number of hydrogen-bond donors (Lipinski definition) is 0. The van der Waals surface area contributed by atoms with Gasteiger partial charge in [-0.1, -0.05) is 5.16 Å². The van der Waals surface area contributed by atoms with Crippen molar-refractivity contribution in [2.24, 2.45) is 5.16 Å². The minimum absolute atomic E-state index is 0.247. The van der Waals surface area contributed by atoms with Gasteiger partial charge in [0.1, 0.15) is 0 Å². The van der Waals surface area contributed by atoms with Gasteiger partial charge in [-0.25, -0.2) is 4.79 Å². The number of halogens is 3. The monoisotopic (exact) mass is 368 g/mol. The number of thiophene rings is 1. The van der Waals surface area contributed by atoms with Gasteiger partial charge < -0.3 is 9.74 Å². The molecular weight excluding hydrogens is 357 g/mol. The van der Waals surface area contributed by atoms with E-state index in [9.17, 15) is 18.0 Å². The Balaban J connectivity index is 2.25. The molecule has 0 N–H and O–H groups in total. The molecule has 0 bridgehead atoms. The van der Waals surface area contributed by atoms with Gasteiger partial charge >= 0.3 is 12.1 Å². The first kappa shape index (κ1) is 18.5. The van der Waals surface area contributed by atoms with Crippen molar-refractivity contribution in [1.82, 2.24) is 0 Å². The molecule has 1 aliphatic rings. The normalized spacial score (nSPS) is 15.5. The molecule has 25 heavy (non-hydrogen) atoms. The van der Waals surface area contributed by atoms with E-state index in [1.807, 2.05) is 12.1 Å². The molecule has 0 aromatic carbocycles. The highest BCUT2D eigenvalue weighted by atomic mass is 32.1. The molecule has 0 aliphatic carbocycles. The topological polar surface area (TPSA) is 89.5 Å². The largest absolute Gasteiger partial charge is 0.437 e. The molecule has 1 aromatic heterocycles. The molecule has 2 heterocycles. The summed E-state index contributed by atoms with van der Waals surface area (Å²) in [5.74, 6) is -1.16. The number of nitrogens with zero attached hydrogens (tertiary/aromatic N) is 4. The van der Waals surface area contributed by atoms with E-state index in [4.69, 9.17) is 10.5 Å². The Bertz CT molecular complexity index is 781. The van der Waals surface area contributed by atoms with Gasteiger partial charge in [0.25, 0.3) is 0 Å². The van der Waals surface area contributed by atoms with Crippen LogP contribution in [0.5, 0.6) is 0 Å². The summed E-state index contributed by atoms with van der Waals surface area (Å²) in [7, 11) is 0. The van der Waals surface area contributed by atoms with E-state index in [-0.39, 0.29) is 12.8 Å². The molecule has 0 radical (unpaired) electrons. The van der Waals surface area contributed by atoms with E-state index in [1.54, 1.807) is 17.0 Å². The number of rotatable bonds is 6. The first-order valence-corrected chi connectivity index (χ1v) is 7.85. The average Bonchev–Trinajstić information content (AvgIpc) is 3.15. The van der Waals surface area contributed by atoms with Gasteiger partial charge in [0, 0.05) is 18.0 Å². The number of carbonyl (C=O) groups excluding carboxylic acids is 1. The second kappa shape index (κ2) is 7.81. The van der Waals surface area contributed by atoms with Crippen LogP contribution >= 0.6 is 11.3 Å². The van der Waals surface area contributed by atoms with Gasteiger partial charge in [0.15, 0.2) is 5.71 Å². The SMILES string of the molecule is N#CCCN(CCC#N)c1ccc(C=C2C(=O)ON=C2C(F)(F)F)s1. The Kier molecular flexibility index (Phi) is 5.78. The molecule has 10 heteroatoms. The molecule has 1 aliphatic heterocycles. The van der Waals surface area contributed by atoms with E-state index >= 15 is 0 Å². The van der Waals surface area contributed by atoms with Gasteiger partial charge in [-0.2, -0.15) is 23.7 Å². The minimum atomic E-state index is -4.79. The maximum absolute atomic E-state index is 12.8. The van der Waals surface area contributed by atoms with Gasteiger partial charge in [-0.05, 0) is 18.2 Å². The molecule has 0 unspecified atom stereocenters. The van der Waals surface area contributed by atoms with E-state index in [1.165, 1.54) is 0 Å². The van der Waals surface area contributed by atoms with E-state index in [0.717, 1.165) is 17.4 Å². The molecular formula is C15H11F3N4O2S. The zero-order chi connectivity index (χ0) is 18.4. The van der Waals surface area contributed by atoms with Crippen molar-refractivity contribution >= 4 is 34.1 Å². The average molecular weight is 368 g/mol. The summed E-state index contributed by atoms with van der Waals surface area (Å²) in [4.78, 5) is 17.8. The van der Waals surface area contributed by atoms with Crippen LogP contribution in [0.1, 0.15) is 17.7 Å². The van der Waals surface area contributed by atoms with Crippen LogP contribution in [0, 0.1) is 22.7 Å². The minimum Gasteiger partial charge on any atom is -0.361 e. The number of carbonyl (C=O) groups is 1. The third-order valence-corrected chi connectivity index (χ3v) is 4.25. The molecule has 0 atom stereocenters. The number of hydrogen-bond acceptors (Lipinski definition) is 7. The number of anilines is 1. The molecule has 0 amide bonds. The summed E-state index contributed by atoms with van der Waals surface area (Å²) in [6.07, 6.45) is -3.22. The van der Waals surface area contributed by atoms with Crippen LogP contribution in [0.15, 0.2) is 22.9 Å². The summed E-state index contributed by atoms with van der Waals surface area (Å²) < 4.78 is 38.5. The van der Waals surface area contributed by atoms with Crippen LogP contribution in [0.2, 0.25) is 0 Å². The van der Waals surface area contributed by atoms with Crippen molar-refractivity contribution < 1.29 is 22.8 Å². The molecule has 1 aromatic rings. The third-order valence-electron chi connectivity index (χ3n) is 3.16. The molecule has 0 spiro atoms. The van der Waals surface area contributed by atoms with Crippen molar-refractivity contribution in [3.05, 3.63) is 22.6 Å². The Morgan fingerprint density at radius 1 is 1.24 bits per heavy atom. The van der Waals surface area contributed by atoms with Crippen molar-refractivity contribution in [2.45, 2.75) is 19.0 Å². The van der Waals surface area contributed by atoms with Crippen LogP contribution < -0.4 is 4.90 Å². The quantitative estimate of drug-likeness (QED) is 0.568. The van der Waals surface area contributed by atoms with Crippen LogP contribution in [0.4, 0.5) is 18.2 Å². The van der Waals surface area contributed by atoms with Crippen LogP contribution in [0.3, 0.4) is 0 Å². The fourth-order valence-electron chi connectivity index (χ4n) is 2.05. The highest BCUT2D eigenvalue weighted by Gasteiger charge is 2.45. The van der Waals surface area contributed by atoms with Crippen LogP contribution in [-0.4, -0.2) is 30.9 Å². The predicted octanol–water partition coefficient (Wildman–Crippen LogP) is 3.24. The molecule has 2 rings (SSSR count). The van der Waals surface area contributed by atoms with Crippen molar-refractivity contribution in [2.75, 3.05) is 18.0 Å². The Hall–Kier alpha value is -2.85. The molecule has 130 valence electrons. The van der Waals surface area contributed by atoms with Gasteiger partial charge in [0.2, 0.25) is 0 Å². The number of oxime groups is 1. The van der Waals surface area contributed by atoms with Crippen molar-refractivity contribution in [3.63, 3.8) is 0 Å².